The van der Waals surface area contributed by atoms with Gasteiger partial charge in [0.25, 0.3) is 0 Å². The van der Waals surface area contributed by atoms with Gasteiger partial charge in [-0.3, -0.25) is 9.59 Å². The zero-order valence-electron chi connectivity index (χ0n) is 12.6. The van der Waals surface area contributed by atoms with Crippen molar-refractivity contribution in [2.45, 2.75) is 52.5 Å². The van der Waals surface area contributed by atoms with E-state index in [4.69, 9.17) is 18.0 Å². The van der Waals surface area contributed by atoms with Crippen molar-refractivity contribution in [1.29, 1.82) is 0 Å². The van der Waals surface area contributed by atoms with Gasteiger partial charge in [0.05, 0.1) is 10.4 Å². The zero-order valence-corrected chi connectivity index (χ0v) is 13.4. The number of nitrogens with one attached hydrogen (secondary N) is 1. The first kappa shape index (κ1) is 16.9. The van der Waals surface area contributed by atoms with E-state index < -0.39 is 5.41 Å². The Morgan fingerprint density at radius 3 is 2.15 bits per heavy atom. The van der Waals surface area contributed by atoms with E-state index in [-0.39, 0.29) is 22.8 Å². The minimum absolute atomic E-state index is 0.0191. The number of rotatable bonds is 5. The lowest BCUT2D eigenvalue weighted by molar-refractivity contribution is -0.139. The molecule has 0 bridgehead atoms. The lowest BCUT2D eigenvalue weighted by atomic mass is 9.80. The van der Waals surface area contributed by atoms with Gasteiger partial charge in [0.2, 0.25) is 11.8 Å². The molecule has 0 spiro atoms. The number of carbonyl (C=O) groups is 2. The van der Waals surface area contributed by atoms with E-state index in [1.165, 1.54) is 6.92 Å². The summed E-state index contributed by atoms with van der Waals surface area (Å²) in [5.41, 5.74) is 5.11. The molecule has 1 aliphatic rings. The second-order valence-corrected chi connectivity index (χ2v) is 5.86. The van der Waals surface area contributed by atoms with Crippen LogP contribution in [0.5, 0.6) is 0 Å². The SMILES string of the molecule is CCC(CC)(C(=O)N1CCC(NC(C)=O)CC1)C(N)=S. The van der Waals surface area contributed by atoms with E-state index in [0.717, 1.165) is 12.8 Å². The first-order valence-corrected chi connectivity index (χ1v) is 7.64. The second-order valence-electron chi connectivity index (χ2n) is 5.42. The third-order valence-electron chi connectivity index (χ3n) is 4.28. The van der Waals surface area contributed by atoms with E-state index in [2.05, 4.69) is 5.32 Å². The van der Waals surface area contributed by atoms with Crippen molar-refractivity contribution in [3.8, 4) is 0 Å². The van der Waals surface area contributed by atoms with Crippen LogP contribution in [0.4, 0.5) is 0 Å². The van der Waals surface area contributed by atoms with Gasteiger partial charge >= 0.3 is 0 Å². The summed E-state index contributed by atoms with van der Waals surface area (Å²) in [7, 11) is 0. The number of nitrogens with two attached hydrogens (primary N) is 1. The van der Waals surface area contributed by atoms with Crippen molar-refractivity contribution in [2.75, 3.05) is 13.1 Å². The van der Waals surface area contributed by atoms with Gasteiger partial charge < -0.3 is 16.0 Å². The molecule has 0 unspecified atom stereocenters. The Morgan fingerprint density at radius 2 is 1.80 bits per heavy atom. The maximum Gasteiger partial charge on any atom is 0.235 e. The molecule has 1 rings (SSSR count). The van der Waals surface area contributed by atoms with Gasteiger partial charge in [0.1, 0.15) is 0 Å². The molecule has 20 heavy (non-hydrogen) atoms. The normalized spacial score (nSPS) is 16.9. The van der Waals surface area contributed by atoms with Crippen LogP contribution in [0.1, 0.15) is 46.5 Å². The highest BCUT2D eigenvalue weighted by Gasteiger charge is 2.41. The molecule has 0 aliphatic carbocycles. The third-order valence-corrected chi connectivity index (χ3v) is 4.67. The fourth-order valence-electron chi connectivity index (χ4n) is 2.82. The highest BCUT2D eigenvalue weighted by atomic mass is 32.1. The number of carbonyl (C=O) groups excluding carboxylic acids is 2. The van der Waals surface area contributed by atoms with E-state index in [1.807, 2.05) is 18.7 Å². The van der Waals surface area contributed by atoms with Crippen LogP contribution < -0.4 is 11.1 Å². The number of amides is 2. The Labute approximate surface area is 126 Å². The van der Waals surface area contributed by atoms with E-state index in [9.17, 15) is 9.59 Å². The molecule has 5 nitrogen and oxygen atoms in total. The predicted octanol–water partition coefficient (Wildman–Crippen LogP) is 1.21. The summed E-state index contributed by atoms with van der Waals surface area (Å²) in [6.07, 6.45) is 2.82. The largest absolute Gasteiger partial charge is 0.392 e. The van der Waals surface area contributed by atoms with Gasteiger partial charge in [-0.2, -0.15) is 0 Å². The highest BCUT2D eigenvalue weighted by molar-refractivity contribution is 7.80. The molecular weight excluding hydrogens is 274 g/mol. The van der Waals surface area contributed by atoms with Crippen LogP contribution in [-0.2, 0) is 9.59 Å². The molecule has 0 radical (unpaired) electrons. The molecule has 2 amide bonds. The van der Waals surface area contributed by atoms with Gasteiger partial charge in [-0.05, 0) is 25.7 Å². The van der Waals surface area contributed by atoms with Gasteiger partial charge in [0.15, 0.2) is 0 Å². The van der Waals surface area contributed by atoms with Crippen LogP contribution in [0, 0.1) is 5.41 Å². The fraction of sp³-hybridized carbons (Fsp3) is 0.786. The van der Waals surface area contributed by atoms with Crippen LogP contribution in [-0.4, -0.2) is 40.8 Å². The number of piperidine rings is 1. The highest BCUT2D eigenvalue weighted by Crippen LogP contribution is 2.30. The van der Waals surface area contributed by atoms with E-state index in [1.54, 1.807) is 0 Å². The molecule has 0 aromatic rings. The van der Waals surface area contributed by atoms with Crippen LogP contribution in [0.3, 0.4) is 0 Å². The minimum Gasteiger partial charge on any atom is -0.392 e. The van der Waals surface area contributed by atoms with Crippen molar-refractivity contribution in [2.24, 2.45) is 11.1 Å². The molecule has 1 saturated heterocycles. The molecule has 6 heteroatoms. The number of nitrogens with zero attached hydrogens (tertiary/aromatic N) is 1. The smallest absolute Gasteiger partial charge is 0.235 e. The predicted molar refractivity (Wildman–Crippen MR) is 83.2 cm³/mol. The molecule has 1 aliphatic heterocycles. The topological polar surface area (TPSA) is 75.4 Å². The third kappa shape index (κ3) is 3.48. The minimum atomic E-state index is -0.712. The molecule has 3 N–H and O–H groups in total. The first-order chi connectivity index (χ1) is 9.37. The Kier molecular flexibility index (Phi) is 5.92. The Hall–Kier alpha value is -1.17. The average molecular weight is 299 g/mol. The van der Waals surface area contributed by atoms with Gasteiger partial charge in [-0.1, -0.05) is 26.1 Å². The van der Waals surface area contributed by atoms with Crippen molar-refractivity contribution in [3.63, 3.8) is 0 Å². The van der Waals surface area contributed by atoms with Crippen molar-refractivity contribution in [3.05, 3.63) is 0 Å². The average Bonchev–Trinajstić information content (AvgIpc) is 2.40. The second kappa shape index (κ2) is 7.02. The Bertz CT molecular complexity index is 386. The van der Waals surface area contributed by atoms with Gasteiger partial charge in [0, 0.05) is 26.1 Å². The quantitative estimate of drug-likeness (QED) is 0.748. The van der Waals surface area contributed by atoms with Crippen molar-refractivity contribution < 1.29 is 9.59 Å². The summed E-state index contributed by atoms with van der Waals surface area (Å²) < 4.78 is 0. The summed E-state index contributed by atoms with van der Waals surface area (Å²) >= 11 is 5.13. The van der Waals surface area contributed by atoms with Crippen LogP contribution in [0.15, 0.2) is 0 Å². The number of hydrogen-bond acceptors (Lipinski definition) is 3. The molecule has 0 aromatic heterocycles. The fourth-order valence-corrected chi connectivity index (χ4v) is 3.20. The summed E-state index contributed by atoms with van der Waals surface area (Å²) in [6, 6.07) is 0.166. The molecule has 0 atom stereocenters. The van der Waals surface area contributed by atoms with Crippen LogP contribution in [0.25, 0.3) is 0 Å². The molecule has 1 heterocycles. The molecule has 1 fully saturated rings. The summed E-state index contributed by atoms with van der Waals surface area (Å²) in [5.74, 6) is 0.0191. The maximum atomic E-state index is 12.7. The molecular formula is C14H25N3O2S. The van der Waals surface area contributed by atoms with Crippen LogP contribution >= 0.6 is 12.2 Å². The molecule has 0 aromatic carbocycles. The zero-order chi connectivity index (χ0) is 15.3. The van der Waals surface area contributed by atoms with E-state index in [0.29, 0.717) is 25.9 Å². The monoisotopic (exact) mass is 299 g/mol. The maximum absolute atomic E-state index is 12.7. The Morgan fingerprint density at radius 1 is 1.30 bits per heavy atom. The van der Waals surface area contributed by atoms with Gasteiger partial charge in [-0.15, -0.1) is 0 Å². The standard InChI is InChI=1S/C14H25N3O2S/c1-4-14(5-2,12(15)20)13(19)17-8-6-11(7-9-17)16-10(3)18/h11H,4-9H2,1-3H3,(H2,15,20)(H,16,18). The number of hydrogen-bond donors (Lipinski definition) is 2. The van der Waals surface area contributed by atoms with Crippen LogP contribution in [0.2, 0.25) is 0 Å². The molecule has 114 valence electrons. The van der Waals surface area contributed by atoms with Crippen molar-refractivity contribution in [1.82, 2.24) is 10.2 Å². The summed E-state index contributed by atoms with van der Waals surface area (Å²) in [6.45, 7) is 6.71. The number of likely N-dealkylation sites (tertiary alicyclic amines) is 1. The lowest BCUT2D eigenvalue weighted by Crippen LogP contribution is -2.54. The Balaban J connectivity index is 2.70. The van der Waals surface area contributed by atoms with Crippen molar-refractivity contribution >= 4 is 29.0 Å². The van der Waals surface area contributed by atoms with E-state index >= 15 is 0 Å². The summed E-state index contributed by atoms with van der Waals surface area (Å²) in [4.78, 5) is 25.9. The lowest BCUT2D eigenvalue weighted by Gasteiger charge is -2.39. The van der Waals surface area contributed by atoms with Gasteiger partial charge in [-0.25, -0.2) is 0 Å². The molecule has 0 saturated carbocycles. The summed E-state index contributed by atoms with van der Waals surface area (Å²) in [5, 5.41) is 2.90. The number of thiocarbonyl (C=S) groups is 1. The first-order valence-electron chi connectivity index (χ1n) is 7.23.